The Morgan fingerprint density at radius 1 is 1.20 bits per heavy atom. The summed E-state index contributed by atoms with van der Waals surface area (Å²) in [5, 5.41) is 16.7. The topological polar surface area (TPSA) is 62.6 Å². The predicted octanol–water partition coefficient (Wildman–Crippen LogP) is 4.52. The van der Waals surface area contributed by atoms with Gasteiger partial charge in [-0.25, -0.2) is 0 Å². The third-order valence-electron chi connectivity index (χ3n) is 5.96. The smallest absolute Gasteiger partial charge is 0.344 e. The third-order valence-corrected chi connectivity index (χ3v) is 5.96. The van der Waals surface area contributed by atoms with Crippen LogP contribution >= 0.6 is 0 Å². The number of benzene rings is 1. The molecule has 0 saturated heterocycles. The second-order valence-electron chi connectivity index (χ2n) is 8.25. The van der Waals surface area contributed by atoms with Crippen molar-refractivity contribution in [2.45, 2.75) is 57.7 Å². The Morgan fingerprint density at radius 3 is 2.77 bits per heavy atom. The predicted molar refractivity (Wildman–Crippen MR) is 109 cm³/mol. The van der Waals surface area contributed by atoms with Gasteiger partial charge >= 0.3 is 6.18 Å². The zero-order chi connectivity index (χ0) is 21.1. The van der Waals surface area contributed by atoms with Gasteiger partial charge in [0.2, 0.25) is 5.95 Å². The molecule has 30 heavy (non-hydrogen) atoms. The minimum atomic E-state index is -4.19. The van der Waals surface area contributed by atoms with Gasteiger partial charge in [0.05, 0.1) is 18.1 Å². The van der Waals surface area contributed by atoms with E-state index in [0.29, 0.717) is 18.4 Å². The molecule has 2 heterocycles. The zero-order valence-corrected chi connectivity index (χ0v) is 17.1. The van der Waals surface area contributed by atoms with Gasteiger partial charge in [-0.3, -0.25) is 9.67 Å². The Balaban J connectivity index is 1.52. The van der Waals surface area contributed by atoms with Crippen LogP contribution in [0.3, 0.4) is 0 Å². The average Bonchev–Trinajstić information content (AvgIpc) is 3.45. The van der Waals surface area contributed by atoms with E-state index in [9.17, 15) is 13.2 Å². The van der Waals surface area contributed by atoms with Gasteiger partial charge in [-0.1, -0.05) is 37.8 Å². The third kappa shape index (κ3) is 4.94. The van der Waals surface area contributed by atoms with Crippen LogP contribution in [0.15, 0.2) is 24.4 Å². The van der Waals surface area contributed by atoms with E-state index in [4.69, 9.17) is 0 Å². The van der Waals surface area contributed by atoms with E-state index in [1.165, 1.54) is 25.7 Å². The van der Waals surface area contributed by atoms with Crippen LogP contribution in [0, 0.1) is 5.92 Å². The van der Waals surface area contributed by atoms with E-state index in [2.05, 4.69) is 32.5 Å². The number of hydrogen-bond acceptors (Lipinski definition) is 4. The van der Waals surface area contributed by atoms with Gasteiger partial charge in [0.25, 0.3) is 0 Å². The normalized spacial score (nSPS) is 15.3. The summed E-state index contributed by atoms with van der Waals surface area (Å²) in [5.74, 6) is 1.97. The highest BCUT2D eigenvalue weighted by molar-refractivity contribution is 5.78. The van der Waals surface area contributed by atoms with Crippen molar-refractivity contribution in [2.75, 3.05) is 18.5 Å². The van der Waals surface area contributed by atoms with Gasteiger partial charge in [-0.2, -0.15) is 18.3 Å². The molecule has 0 radical (unpaired) electrons. The van der Waals surface area contributed by atoms with E-state index in [1.54, 1.807) is 18.1 Å². The Hall–Kier alpha value is -2.58. The molecule has 1 N–H and O–H groups in total. The van der Waals surface area contributed by atoms with Gasteiger partial charge in [-0.05, 0) is 24.0 Å². The Labute approximate surface area is 173 Å². The van der Waals surface area contributed by atoms with Crippen LogP contribution in [0.2, 0.25) is 0 Å². The monoisotopic (exact) mass is 420 g/mol. The highest BCUT2D eigenvalue weighted by Gasteiger charge is 2.28. The van der Waals surface area contributed by atoms with E-state index in [-0.39, 0.29) is 6.54 Å². The summed E-state index contributed by atoms with van der Waals surface area (Å²) in [4.78, 5) is 1.57. The van der Waals surface area contributed by atoms with Crippen molar-refractivity contribution in [2.24, 2.45) is 5.92 Å². The van der Waals surface area contributed by atoms with E-state index in [0.717, 1.165) is 35.1 Å². The maximum absolute atomic E-state index is 12.7. The van der Waals surface area contributed by atoms with Gasteiger partial charge in [0.15, 0.2) is 0 Å². The molecule has 0 bridgehead atoms. The Morgan fingerprint density at radius 2 is 2.00 bits per heavy atom. The number of H-pyrrole nitrogens is 1. The summed E-state index contributed by atoms with van der Waals surface area (Å²) in [6.45, 7) is 0.492. The molecule has 3 aromatic rings. The van der Waals surface area contributed by atoms with Crippen molar-refractivity contribution in [3.8, 4) is 0 Å². The van der Waals surface area contributed by atoms with Crippen LogP contribution in [-0.4, -0.2) is 44.7 Å². The van der Waals surface area contributed by atoms with E-state index in [1.807, 2.05) is 10.6 Å². The molecule has 0 unspecified atom stereocenters. The number of halogens is 3. The van der Waals surface area contributed by atoms with Crippen LogP contribution in [0.25, 0.3) is 10.9 Å². The molecule has 2 aromatic heterocycles. The van der Waals surface area contributed by atoms with Gasteiger partial charge in [-0.15, -0.1) is 10.2 Å². The molecule has 0 amide bonds. The lowest BCUT2D eigenvalue weighted by Gasteiger charge is -2.21. The van der Waals surface area contributed by atoms with Crippen LogP contribution in [0.5, 0.6) is 0 Å². The number of hydrogen-bond donors (Lipinski definition) is 1. The molecule has 0 atom stereocenters. The van der Waals surface area contributed by atoms with Crippen molar-refractivity contribution < 1.29 is 13.2 Å². The van der Waals surface area contributed by atoms with Crippen molar-refractivity contribution in [1.29, 1.82) is 0 Å². The summed E-state index contributed by atoms with van der Waals surface area (Å²) >= 11 is 0. The minimum Gasteiger partial charge on any atom is -0.344 e. The number of alkyl halides is 3. The molecule has 1 aromatic carbocycles. The summed E-state index contributed by atoms with van der Waals surface area (Å²) in [6.07, 6.45) is 3.14. The van der Waals surface area contributed by atoms with Crippen molar-refractivity contribution in [1.82, 2.24) is 25.0 Å². The van der Waals surface area contributed by atoms with Crippen LogP contribution in [0.4, 0.5) is 19.1 Å². The number of aromatic amines is 1. The molecule has 1 aliphatic carbocycles. The summed E-state index contributed by atoms with van der Waals surface area (Å²) in [7, 11) is 1.66. The number of aromatic nitrogens is 5. The average molecular weight is 420 g/mol. The first-order valence-corrected chi connectivity index (χ1v) is 10.5. The van der Waals surface area contributed by atoms with Crippen molar-refractivity contribution >= 4 is 16.9 Å². The maximum atomic E-state index is 12.7. The summed E-state index contributed by atoms with van der Waals surface area (Å²) in [5.41, 5.74) is 2.11. The lowest BCUT2D eigenvalue weighted by Crippen LogP contribution is -2.27. The molecule has 6 nitrogen and oxygen atoms in total. The molecule has 162 valence electrons. The molecular weight excluding hydrogens is 393 g/mol. The molecule has 1 aliphatic rings. The highest BCUT2D eigenvalue weighted by Crippen LogP contribution is 2.29. The number of fused-ring (bicyclic) bond motifs is 1. The molecule has 0 spiro atoms. The molecule has 1 saturated carbocycles. The molecular formula is C21H27F3N6. The number of anilines is 1. The lowest BCUT2D eigenvalue weighted by molar-refractivity contribution is -0.132. The van der Waals surface area contributed by atoms with Crippen molar-refractivity contribution in [3.05, 3.63) is 35.8 Å². The van der Waals surface area contributed by atoms with Crippen LogP contribution < -0.4 is 4.90 Å². The number of nitrogens with one attached hydrogen (secondary N) is 1. The number of aryl methyl sites for hydroxylation is 1. The first kappa shape index (κ1) is 20.7. The van der Waals surface area contributed by atoms with E-state index >= 15 is 0 Å². The summed E-state index contributed by atoms with van der Waals surface area (Å²) in [6, 6.07) is 6.15. The second-order valence-corrected chi connectivity index (χ2v) is 8.25. The Kier molecular flexibility index (Phi) is 5.97. The fourth-order valence-corrected chi connectivity index (χ4v) is 4.24. The summed E-state index contributed by atoms with van der Waals surface area (Å²) < 4.78 is 40.1. The van der Waals surface area contributed by atoms with Crippen LogP contribution in [0.1, 0.15) is 43.5 Å². The Bertz CT molecular complexity index is 971. The van der Waals surface area contributed by atoms with Crippen molar-refractivity contribution in [3.63, 3.8) is 0 Å². The fourth-order valence-electron chi connectivity index (χ4n) is 4.24. The molecule has 4 rings (SSSR count). The van der Waals surface area contributed by atoms with Gasteiger partial charge < -0.3 is 4.90 Å². The zero-order valence-electron chi connectivity index (χ0n) is 17.1. The highest BCUT2D eigenvalue weighted by atomic mass is 19.4. The van der Waals surface area contributed by atoms with E-state index < -0.39 is 12.6 Å². The molecule has 9 heteroatoms. The van der Waals surface area contributed by atoms with Gasteiger partial charge in [0.1, 0.15) is 5.82 Å². The molecule has 1 fully saturated rings. The fraction of sp³-hybridized carbons (Fsp3) is 0.571. The first-order chi connectivity index (χ1) is 14.4. The number of nitrogens with zero attached hydrogens (tertiary/aromatic N) is 5. The lowest BCUT2D eigenvalue weighted by atomic mass is 10.0. The second kappa shape index (κ2) is 8.65. The van der Waals surface area contributed by atoms with Gasteiger partial charge in [0, 0.05) is 31.9 Å². The van der Waals surface area contributed by atoms with Crippen LogP contribution in [-0.2, 0) is 19.4 Å². The quantitative estimate of drug-likeness (QED) is 0.582. The maximum Gasteiger partial charge on any atom is 0.390 e. The standard InChI is InChI=1S/C21H27F3N6/c1-29(11-9-21(22,23)24)20-28-27-19(13-15-4-2-3-5-15)30(20)10-8-16-6-7-17-14-25-26-18(17)12-16/h6-7,12,14-15H,2-5,8-11,13H2,1H3,(H,25,26). The minimum absolute atomic E-state index is 0.134. The SMILES string of the molecule is CN(CCC(F)(F)F)c1nnc(CC2CCCC2)n1CCc1ccc2cn[nH]c2c1. The molecule has 0 aliphatic heterocycles. The first-order valence-electron chi connectivity index (χ1n) is 10.5. The largest absolute Gasteiger partial charge is 0.390 e. The number of rotatable bonds is 8.